The van der Waals surface area contributed by atoms with Gasteiger partial charge in [0.1, 0.15) is 5.75 Å². The maximum atomic E-state index is 10.8. The van der Waals surface area contributed by atoms with Crippen LogP contribution in [-0.2, 0) is 17.6 Å². The molecule has 0 spiro atoms. The predicted molar refractivity (Wildman–Crippen MR) is 72.4 cm³/mol. The van der Waals surface area contributed by atoms with E-state index in [0.29, 0.717) is 5.92 Å². The number of carboxylic acids is 1. The molecule has 0 aromatic heterocycles. The largest absolute Gasteiger partial charge is 0.493 e. The Labute approximate surface area is 113 Å². The summed E-state index contributed by atoms with van der Waals surface area (Å²) in [5.74, 6) is 1.56. The van der Waals surface area contributed by atoms with Crippen LogP contribution in [0, 0.1) is 11.8 Å². The average molecular weight is 260 g/mol. The maximum absolute atomic E-state index is 10.8. The molecule has 0 radical (unpaired) electrons. The first-order chi connectivity index (χ1) is 9.22. The molecule has 1 aromatic carbocycles. The van der Waals surface area contributed by atoms with E-state index >= 15 is 0 Å². The highest BCUT2D eigenvalue weighted by Gasteiger charge is 2.29. The third-order valence-corrected chi connectivity index (χ3v) is 4.49. The second-order valence-electron chi connectivity index (χ2n) is 5.83. The lowest BCUT2D eigenvalue weighted by Gasteiger charge is -2.28. The lowest BCUT2D eigenvalue weighted by molar-refractivity contribution is -0.136. The van der Waals surface area contributed by atoms with Crippen molar-refractivity contribution in [3.63, 3.8) is 0 Å². The van der Waals surface area contributed by atoms with Gasteiger partial charge in [-0.25, -0.2) is 0 Å². The number of carboxylic acid groups (broad SMARTS) is 1. The normalized spacial score (nSPS) is 25.7. The van der Waals surface area contributed by atoms with E-state index in [4.69, 9.17) is 9.84 Å². The van der Waals surface area contributed by atoms with Crippen LogP contribution in [0.3, 0.4) is 0 Å². The van der Waals surface area contributed by atoms with Crippen molar-refractivity contribution in [2.24, 2.45) is 11.8 Å². The lowest BCUT2D eigenvalue weighted by atomic mass is 9.77. The molecular formula is C16H20O3. The van der Waals surface area contributed by atoms with Gasteiger partial charge in [0.05, 0.1) is 13.0 Å². The Kier molecular flexibility index (Phi) is 3.45. The van der Waals surface area contributed by atoms with Crippen molar-refractivity contribution < 1.29 is 14.6 Å². The van der Waals surface area contributed by atoms with Gasteiger partial charge in [-0.15, -0.1) is 0 Å². The van der Waals surface area contributed by atoms with Gasteiger partial charge in [-0.2, -0.15) is 0 Å². The Hall–Kier alpha value is -1.51. The van der Waals surface area contributed by atoms with E-state index in [2.05, 4.69) is 6.07 Å². The third-order valence-electron chi connectivity index (χ3n) is 4.49. The number of rotatable bonds is 2. The van der Waals surface area contributed by atoms with E-state index in [1.807, 2.05) is 12.1 Å². The van der Waals surface area contributed by atoms with Crippen molar-refractivity contribution in [2.45, 2.75) is 38.5 Å². The summed E-state index contributed by atoms with van der Waals surface area (Å²) in [7, 11) is 0. The molecule has 3 nitrogen and oxygen atoms in total. The molecule has 2 atom stereocenters. The molecule has 3 rings (SSSR count). The van der Waals surface area contributed by atoms with E-state index in [9.17, 15) is 4.79 Å². The number of aliphatic carboxylic acids is 1. The summed E-state index contributed by atoms with van der Waals surface area (Å²) in [5.41, 5.74) is 2.08. The Balaban J connectivity index is 1.82. The minimum absolute atomic E-state index is 0.0729. The van der Waals surface area contributed by atoms with Crippen LogP contribution in [0.15, 0.2) is 18.2 Å². The SMILES string of the molecule is O=C(O)Cc1ccc2c(c1)OCC1CCCCC1C2. The van der Waals surface area contributed by atoms with Gasteiger partial charge >= 0.3 is 5.97 Å². The molecule has 1 N–H and O–H groups in total. The first-order valence-corrected chi connectivity index (χ1v) is 7.19. The smallest absolute Gasteiger partial charge is 0.307 e. The zero-order valence-corrected chi connectivity index (χ0v) is 11.1. The molecule has 3 heteroatoms. The highest BCUT2D eigenvalue weighted by Crippen LogP contribution is 2.38. The van der Waals surface area contributed by atoms with Crippen molar-refractivity contribution in [1.82, 2.24) is 0 Å². The van der Waals surface area contributed by atoms with Gasteiger partial charge in [0.15, 0.2) is 0 Å². The van der Waals surface area contributed by atoms with Crippen molar-refractivity contribution in [3.05, 3.63) is 29.3 Å². The third kappa shape index (κ3) is 2.75. The molecule has 1 aromatic rings. The standard InChI is InChI=1S/C16H20O3/c17-16(18)8-11-5-6-13-9-12-3-1-2-4-14(12)10-19-15(13)7-11/h5-7,12,14H,1-4,8-10H2,(H,17,18). The van der Waals surface area contributed by atoms with E-state index < -0.39 is 5.97 Å². The van der Waals surface area contributed by atoms with Crippen LogP contribution in [0.4, 0.5) is 0 Å². The number of carbonyl (C=O) groups is 1. The lowest BCUT2D eigenvalue weighted by Crippen LogP contribution is -2.24. The zero-order valence-electron chi connectivity index (χ0n) is 11.1. The molecule has 2 aliphatic rings. The summed E-state index contributed by atoms with van der Waals surface area (Å²) < 4.78 is 5.95. The second-order valence-corrected chi connectivity index (χ2v) is 5.83. The van der Waals surface area contributed by atoms with Crippen molar-refractivity contribution in [2.75, 3.05) is 6.61 Å². The maximum Gasteiger partial charge on any atom is 0.307 e. The minimum atomic E-state index is -0.790. The second kappa shape index (κ2) is 5.24. The molecule has 0 bridgehead atoms. The van der Waals surface area contributed by atoms with Gasteiger partial charge in [0.25, 0.3) is 0 Å². The predicted octanol–water partition coefficient (Wildman–Crippen LogP) is 3.06. The first-order valence-electron chi connectivity index (χ1n) is 7.19. The molecule has 1 fully saturated rings. The fraction of sp³-hybridized carbons (Fsp3) is 0.562. The van der Waals surface area contributed by atoms with Gasteiger partial charge in [0.2, 0.25) is 0 Å². The molecule has 0 saturated heterocycles. The van der Waals surface area contributed by atoms with E-state index in [-0.39, 0.29) is 6.42 Å². The molecule has 19 heavy (non-hydrogen) atoms. The van der Waals surface area contributed by atoms with Crippen LogP contribution in [-0.4, -0.2) is 17.7 Å². The molecule has 0 amide bonds. The molecule has 102 valence electrons. The van der Waals surface area contributed by atoms with Crippen molar-refractivity contribution in [1.29, 1.82) is 0 Å². The Morgan fingerprint density at radius 3 is 2.84 bits per heavy atom. The Morgan fingerprint density at radius 1 is 1.26 bits per heavy atom. The zero-order chi connectivity index (χ0) is 13.2. The summed E-state index contributed by atoms with van der Waals surface area (Å²) >= 11 is 0. The van der Waals surface area contributed by atoms with Crippen LogP contribution >= 0.6 is 0 Å². The molecule has 1 aliphatic heterocycles. The monoisotopic (exact) mass is 260 g/mol. The van der Waals surface area contributed by atoms with Gasteiger partial charge < -0.3 is 9.84 Å². The highest BCUT2D eigenvalue weighted by atomic mass is 16.5. The summed E-state index contributed by atoms with van der Waals surface area (Å²) in [5, 5.41) is 8.85. The molecule has 2 unspecified atom stereocenters. The number of hydrogen-bond acceptors (Lipinski definition) is 2. The quantitative estimate of drug-likeness (QED) is 0.889. The summed E-state index contributed by atoms with van der Waals surface area (Å²) in [6.07, 6.45) is 6.42. The van der Waals surface area contributed by atoms with Crippen LogP contribution in [0.5, 0.6) is 5.75 Å². The van der Waals surface area contributed by atoms with Gasteiger partial charge in [-0.1, -0.05) is 25.0 Å². The highest BCUT2D eigenvalue weighted by molar-refractivity contribution is 5.70. The molecule has 1 heterocycles. The number of benzene rings is 1. The number of fused-ring (bicyclic) bond motifs is 2. The van der Waals surface area contributed by atoms with Gasteiger partial charge in [-0.05, 0) is 48.3 Å². The fourth-order valence-electron chi connectivity index (χ4n) is 3.44. The fourth-order valence-corrected chi connectivity index (χ4v) is 3.44. The topological polar surface area (TPSA) is 46.5 Å². The van der Waals surface area contributed by atoms with Crippen LogP contribution in [0.1, 0.15) is 36.8 Å². The van der Waals surface area contributed by atoms with Crippen LogP contribution in [0.2, 0.25) is 0 Å². The number of ether oxygens (including phenoxy) is 1. The molecule has 1 aliphatic carbocycles. The molecular weight excluding hydrogens is 240 g/mol. The Bertz CT molecular complexity index is 481. The first kappa shape index (κ1) is 12.5. The van der Waals surface area contributed by atoms with E-state index in [1.54, 1.807) is 0 Å². The summed E-state index contributed by atoms with van der Waals surface area (Å²) in [6, 6.07) is 5.91. The van der Waals surface area contributed by atoms with E-state index in [1.165, 1.54) is 31.2 Å². The van der Waals surface area contributed by atoms with Crippen molar-refractivity contribution in [3.8, 4) is 5.75 Å². The minimum Gasteiger partial charge on any atom is -0.493 e. The van der Waals surface area contributed by atoms with Gasteiger partial charge in [-0.3, -0.25) is 4.79 Å². The van der Waals surface area contributed by atoms with Crippen molar-refractivity contribution >= 4 is 5.97 Å². The van der Waals surface area contributed by atoms with Crippen LogP contribution in [0.25, 0.3) is 0 Å². The van der Waals surface area contributed by atoms with Crippen LogP contribution < -0.4 is 4.74 Å². The summed E-state index contributed by atoms with van der Waals surface area (Å²) in [6.45, 7) is 0.800. The molecule has 1 saturated carbocycles. The average Bonchev–Trinajstić information content (AvgIpc) is 2.57. The number of hydrogen-bond donors (Lipinski definition) is 1. The summed E-state index contributed by atoms with van der Waals surface area (Å²) in [4.78, 5) is 10.8. The van der Waals surface area contributed by atoms with E-state index in [0.717, 1.165) is 30.3 Å². The Morgan fingerprint density at radius 2 is 2.05 bits per heavy atom. The van der Waals surface area contributed by atoms with Gasteiger partial charge in [0, 0.05) is 0 Å².